The van der Waals surface area contributed by atoms with Crippen LogP contribution in [0.4, 0.5) is 0 Å². The van der Waals surface area contributed by atoms with Crippen molar-refractivity contribution in [3.05, 3.63) is 24.3 Å². The molecule has 5 nitrogen and oxygen atoms in total. The third kappa shape index (κ3) is 4.88. The van der Waals surface area contributed by atoms with E-state index < -0.39 is 6.10 Å². The van der Waals surface area contributed by atoms with E-state index in [1.807, 2.05) is 24.3 Å². The van der Waals surface area contributed by atoms with Gasteiger partial charge in [-0.1, -0.05) is 18.6 Å². The fraction of sp³-hybridized carbons (Fsp3) is 0.625. The van der Waals surface area contributed by atoms with E-state index in [0.717, 1.165) is 25.8 Å². The molecule has 1 aliphatic carbocycles. The van der Waals surface area contributed by atoms with Crippen molar-refractivity contribution < 1.29 is 19.7 Å². The Kier molecular flexibility index (Phi) is 6.29. The Labute approximate surface area is 125 Å². The summed E-state index contributed by atoms with van der Waals surface area (Å²) in [4.78, 5) is 0. The lowest BCUT2D eigenvalue weighted by atomic mass is 10.1. The van der Waals surface area contributed by atoms with E-state index in [1.54, 1.807) is 7.11 Å². The number of rotatable bonds is 8. The van der Waals surface area contributed by atoms with Gasteiger partial charge in [-0.05, 0) is 30.9 Å². The van der Waals surface area contributed by atoms with Gasteiger partial charge < -0.3 is 25.0 Å². The van der Waals surface area contributed by atoms with Crippen LogP contribution in [-0.4, -0.2) is 49.2 Å². The van der Waals surface area contributed by atoms with Crippen molar-refractivity contribution in [2.45, 2.75) is 31.5 Å². The molecule has 2 rings (SSSR count). The molecular weight excluding hydrogens is 270 g/mol. The number of aliphatic hydroxyl groups is 2. The van der Waals surface area contributed by atoms with Crippen molar-refractivity contribution in [2.75, 3.05) is 26.8 Å². The van der Waals surface area contributed by atoms with Gasteiger partial charge in [-0.15, -0.1) is 0 Å². The van der Waals surface area contributed by atoms with Crippen molar-refractivity contribution in [1.82, 2.24) is 5.32 Å². The number of benzene rings is 1. The highest BCUT2D eigenvalue weighted by molar-refractivity contribution is 5.39. The molecule has 0 spiro atoms. The summed E-state index contributed by atoms with van der Waals surface area (Å²) in [5.41, 5.74) is 0. The topological polar surface area (TPSA) is 71.0 Å². The third-order valence-corrected chi connectivity index (χ3v) is 3.91. The standard InChI is InChI=1S/C16H25NO4/c1-20-15-7-2-3-8-16(15)21-11-13(18)10-17-9-12-5-4-6-14(12)19/h2-3,7-8,12-14,17-19H,4-6,9-11H2,1H3. The van der Waals surface area contributed by atoms with Crippen molar-refractivity contribution in [3.63, 3.8) is 0 Å². The predicted octanol–water partition coefficient (Wildman–Crippen LogP) is 1.19. The monoisotopic (exact) mass is 295 g/mol. The Bertz CT molecular complexity index is 426. The Morgan fingerprint density at radius 2 is 2.05 bits per heavy atom. The number of hydrogen-bond acceptors (Lipinski definition) is 5. The van der Waals surface area contributed by atoms with Gasteiger partial charge in [0.1, 0.15) is 12.7 Å². The fourth-order valence-electron chi connectivity index (χ4n) is 2.67. The predicted molar refractivity (Wildman–Crippen MR) is 80.7 cm³/mol. The largest absolute Gasteiger partial charge is 0.493 e. The van der Waals surface area contributed by atoms with Crippen molar-refractivity contribution in [2.24, 2.45) is 5.92 Å². The van der Waals surface area contributed by atoms with Gasteiger partial charge in [0.05, 0.1) is 13.2 Å². The molecule has 1 saturated carbocycles. The van der Waals surface area contributed by atoms with E-state index in [2.05, 4.69) is 5.32 Å². The number of ether oxygens (including phenoxy) is 2. The molecule has 118 valence electrons. The van der Waals surface area contributed by atoms with Crippen LogP contribution < -0.4 is 14.8 Å². The first-order valence-corrected chi connectivity index (χ1v) is 7.53. The lowest BCUT2D eigenvalue weighted by Crippen LogP contribution is -2.36. The number of methoxy groups -OCH3 is 1. The van der Waals surface area contributed by atoms with E-state index in [1.165, 1.54) is 0 Å². The van der Waals surface area contributed by atoms with Gasteiger partial charge in [0.2, 0.25) is 0 Å². The summed E-state index contributed by atoms with van der Waals surface area (Å²) in [6.45, 7) is 1.41. The summed E-state index contributed by atoms with van der Waals surface area (Å²) in [6, 6.07) is 7.37. The molecule has 5 heteroatoms. The smallest absolute Gasteiger partial charge is 0.161 e. The number of nitrogens with one attached hydrogen (secondary N) is 1. The Hall–Kier alpha value is -1.30. The van der Waals surface area contributed by atoms with Gasteiger partial charge >= 0.3 is 0 Å². The zero-order chi connectivity index (χ0) is 15.1. The molecule has 0 amide bonds. The minimum Gasteiger partial charge on any atom is -0.493 e. The summed E-state index contributed by atoms with van der Waals surface area (Å²) in [7, 11) is 1.59. The highest BCUT2D eigenvalue weighted by atomic mass is 16.5. The maximum atomic E-state index is 9.92. The van der Waals surface area contributed by atoms with Gasteiger partial charge in [-0.3, -0.25) is 0 Å². The fourth-order valence-corrected chi connectivity index (χ4v) is 2.67. The molecule has 1 aromatic carbocycles. The zero-order valence-corrected chi connectivity index (χ0v) is 12.5. The SMILES string of the molecule is COc1ccccc1OCC(O)CNCC1CCCC1O. The zero-order valence-electron chi connectivity index (χ0n) is 12.5. The average Bonchev–Trinajstić information content (AvgIpc) is 2.91. The van der Waals surface area contributed by atoms with Crippen LogP contribution in [0.25, 0.3) is 0 Å². The summed E-state index contributed by atoms with van der Waals surface area (Å²) in [5.74, 6) is 1.60. The van der Waals surface area contributed by atoms with Crippen LogP contribution in [-0.2, 0) is 0 Å². The average molecular weight is 295 g/mol. The minimum absolute atomic E-state index is 0.195. The first-order chi connectivity index (χ1) is 10.2. The number of aliphatic hydroxyl groups excluding tert-OH is 2. The lowest BCUT2D eigenvalue weighted by Gasteiger charge is -2.18. The quantitative estimate of drug-likeness (QED) is 0.672. The summed E-state index contributed by atoms with van der Waals surface area (Å²) in [6.07, 6.45) is 2.26. The highest BCUT2D eigenvalue weighted by Gasteiger charge is 2.24. The molecule has 0 saturated heterocycles. The molecule has 3 unspecified atom stereocenters. The van der Waals surface area contributed by atoms with Crippen LogP contribution in [0.2, 0.25) is 0 Å². The van der Waals surface area contributed by atoms with Gasteiger partial charge in [-0.2, -0.15) is 0 Å². The van der Waals surface area contributed by atoms with Crippen LogP contribution in [0.3, 0.4) is 0 Å². The van der Waals surface area contributed by atoms with Crippen molar-refractivity contribution in [3.8, 4) is 11.5 Å². The summed E-state index contributed by atoms with van der Waals surface area (Å²) < 4.78 is 10.8. The van der Waals surface area contributed by atoms with Crippen LogP contribution in [0, 0.1) is 5.92 Å². The van der Waals surface area contributed by atoms with Crippen LogP contribution in [0.15, 0.2) is 24.3 Å². The molecule has 0 aromatic heterocycles. The summed E-state index contributed by atoms with van der Waals surface area (Å²) in [5, 5.41) is 22.8. The molecule has 0 radical (unpaired) electrons. The number of para-hydroxylation sites is 2. The second-order valence-corrected chi connectivity index (χ2v) is 5.53. The summed E-state index contributed by atoms with van der Waals surface area (Å²) >= 11 is 0. The first kappa shape index (κ1) is 16.1. The van der Waals surface area contributed by atoms with Gasteiger partial charge in [-0.25, -0.2) is 0 Å². The maximum absolute atomic E-state index is 9.92. The molecule has 3 atom stereocenters. The van der Waals surface area contributed by atoms with E-state index in [-0.39, 0.29) is 12.7 Å². The second kappa shape index (κ2) is 8.22. The van der Waals surface area contributed by atoms with E-state index in [4.69, 9.17) is 9.47 Å². The molecule has 21 heavy (non-hydrogen) atoms. The molecular formula is C16H25NO4. The normalized spacial score (nSPS) is 23.0. The number of hydrogen-bond donors (Lipinski definition) is 3. The molecule has 1 fully saturated rings. The van der Waals surface area contributed by atoms with Crippen molar-refractivity contribution >= 4 is 0 Å². The molecule has 1 aromatic rings. The Morgan fingerprint density at radius 1 is 1.29 bits per heavy atom. The van der Waals surface area contributed by atoms with Gasteiger partial charge in [0.25, 0.3) is 0 Å². The Morgan fingerprint density at radius 3 is 2.71 bits per heavy atom. The maximum Gasteiger partial charge on any atom is 0.161 e. The van der Waals surface area contributed by atoms with Crippen LogP contribution in [0.1, 0.15) is 19.3 Å². The molecule has 1 aliphatic rings. The van der Waals surface area contributed by atoms with E-state index >= 15 is 0 Å². The highest BCUT2D eigenvalue weighted by Crippen LogP contribution is 2.26. The van der Waals surface area contributed by atoms with E-state index in [0.29, 0.717) is 24.0 Å². The molecule has 3 N–H and O–H groups in total. The van der Waals surface area contributed by atoms with Crippen LogP contribution in [0.5, 0.6) is 11.5 Å². The second-order valence-electron chi connectivity index (χ2n) is 5.53. The molecule has 0 heterocycles. The molecule has 0 aliphatic heterocycles. The van der Waals surface area contributed by atoms with Crippen LogP contribution >= 0.6 is 0 Å². The molecule has 0 bridgehead atoms. The third-order valence-electron chi connectivity index (χ3n) is 3.91. The lowest BCUT2D eigenvalue weighted by molar-refractivity contribution is 0.0968. The van der Waals surface area contributed by atoms with Gasteiger partial charge in [0, 0.05) is 13.1 Å². The van der Waals surface area contributed by atoms with Crippen molar-refractivity contribution in [1.29, 1.82) is 0 Å². The van der Waals surface area contributed by atoms with Gasteiger partial charge in [0.15, 0.2) is 11.5 Å². The Balaban J connectivity index is 1.66. The van der Waals surface area contributed by atoms with E-state index in [9.17, 15) is 10.2 Å². The minimum atomic E-state index is -0.589. The first-order valence-electron chi connectivity index (χ1n) is 7.53.